The van der Waals surface area contributed by atoms with E-state index in [1.54, 1.807) is 12.1 Å². The molecule has 0 bridgehead atoms. The number of methoxy groups -OCH3 is 1. The van der Waals surface area contributed by atoms with E-state index in [4.69, 9.17) is 9.47 Å². The Kier molecular flexibility index (Phi) is 4.45. The number of aryl methyl sites for hydroxylation is 1. The van der Waals surface area contributed by atoms with Crippen molar-refractivity contribution in [1.29, 1.82) is 0 Å². The van der Waals surface area contributed by atoms with Gasteiger partial charge in [-0.05, 0) is 43.4 Å². The minimum Gasteiger partial charge on any atom is -0.504 e. The van der Waals surface area contributed by atoms with E-state index in [2.05, 4.69) is 5.32 Å². The fourth-order valence-corrected chi connectivity index (χ4v) is 2.13. The van der Waals surface area contributed by atoms with Gasteiger partial charge in [-0.3, -0.25) is 10.1 Å². The first kappa shape index (κ1) is 14.2. The summed E-state index contributed by atoms with van der Waals surface area (Å²) in [4.78, 5) is 22.1. The first-order valence-electron chi connectivity index (χ1n) is 6.47. The molecule has 2 N–H and O–H groups in total. The minimum absolute atomic E-state index is 0.120. The molecule has 1 aromatic carbocycles. The number of ether oxygens (including phenoxy) is 2. The molecule has 2 rings (SSSR count). The molecule has 1 atom stereocenters. The van der Waals surface area contributed by atoms with E-state index in [0.29, 0.717) is 12.2 Å². The summed E-state index contributed by atoms with van der Waals surface area (Å²) in [5.74, 6) is 0.203. The average molecular weight is 279 g/mol. The fourth-order valence-electron chi connectivity index (χ4n) is 2.13. The van der Waals surface area contributed by atoms with Crippen LogP contribution in [0.3, 0.4) is 0 Å². The average Bonchev–Trinajstić information content (AvgIpc) is 2.73. The molecule has 0 saturated carbocycles. The van der Waals surface area contributed by atoms with Crippen molar-refractivity contribution in [3.05, 3.63) is 23.8 Å². The maximum atomic E-state index is 11.3. The standard InChI is InChI=1S/C14H17NO5/c1-19-11-7-6-9(8-10(11)16)4-2-3-5-12-13(17)15-14(18)20-12/h6-8,12,16H,2-5H2,1H3,(H,15,17,18). The highest BCUT2D eigenvalue weighted by Crippen LogP contribution is 2.27. The van der Waals surface area contributed by atoms with Gasteiger partial charge >= 0.3 is 6.09 Å². The molecule has 0 spiro atoms. The Morgan fingerprint density at radius 2 is 2.15 bits per heavy atom. The number of amides is 2. The van der Waals surface area contributed by atoms with Gasteiger partial charge in [0.1, 0.15) is 0 Å². The third-order valence-corrected chi connectivity index (χ3v) is 3.19. The molecule has 1 saturated heterocycles. The first-order chi connectivity index (χ1) is 9.60. The van der Waals surface area contributed by atoms with Gasteiger partial charge in [0.05, 0.1) is 7.11 Å². The van der Waals surface area contributed by atoms with Crippen molar-refractivity contribution in [3.8, 4) is 11.5 Å². The molecule has 1 fully saturated rings. The van der Waals surface area contributed by atoms with E-state index in [-0.39, 0.29) is 11.7 Å². The van der Waals surface area contributed by atoms with Crippen molar-refractivity contribution in [3.63, 3.8) is 0 Å². The van der Waals surface area contributed by atoms with Gasteiger partial charge in [0.15, 0.2) is 17.6 Å². The lowest BCUT2D eigenvalue weighted by atomic mass is 10.0. The second kappa shape index (κ2) is 6.27. The van der Waals surface area contributed by atoms with Gasteiger partial charge in [-0.15, -0.1) is 0 Å². The molecule has 0 radical (unpaired) electrons. The topological polar surface area (TPSA) is 84.9 Å². The summed E-state index contributed by atoms with van der Waals surface area (Å²) >= 11 is 0. The number of unbranched alkanes of at least 4 members (excludes halogenated alkanes) is 1. The summed E-state index contributed by atoms with van der Waals surface area (Å²) in [6, 6.07) is 5.28. The third kappa shape index (κ3) is 3.40. The summed E-state index contributed by atoms with van der Waals surface area (Å²) in [5.41, 5.74) is 0.996. The molecule has 1 unspecified atom stereocenters. The maximum absolute atomic E-state index is 11.3. The molecule has 0 aromatic heterocycles. The molecule has 6 heteroatoms. The highest BCUT2D eigenvalue weighted by atomic mass is 16.6. The molecule has 0 aliphatic carbocycles. The molecule has 1 aromatic rings. The largest absolute Gasteiger partial charge is 0.504 e. The highest BCUT2D eigenvalue weighted by Gasteiger charge is 2.31. The maximum Gasteiger partial charge on any atom is 0.414 e. The molecular weight excluding hydrogens is 262 g/mol. The number of hydrogen-bond donors (Lipinski definition) is 2. The lowest BCUT2D eigenvalue weighted by Crippen LogP contribution is -2.24. The van der Waals surface area contributed by atoms with E-state index in [9.17, 15) is 14.7 Å². The molecule has 1 heterocycles. The van der Waals surface area contributed by atoms with Crippen molar-refractivity contribution in [2.24, 2.45) is 0 Å². The van der Waals surface area contributed by atoms with Crippen LogP contribution in [0.15, 0.2) is 18.2 Å². The molecule has 2 amide bonds. The minimum atomic E-state index is -0.667. The Labute approximate surface area is 116 Å². The summed E-state index contributed by atoms with van der Waals surface area (Å²) in [6.45, 7) is 0. The second-order valence-electron chi connectivity index (χ2n) is 4.64. The van der Waals surface area contributed by atoms with Crippen LogP contribution in [0.4, 0.5) is 4.79 Å². The van der Waals surface area contributed by atoms with Crippen molar-refractivity contribution in [2.45, 2.75) is 31.8 Å². The predicted molar refractivity (Wildman–Crippen MR) is 70.6 cm³/mol. The number of nitrogens with one attached hydrogen (secondary N) is 1. The molecule has 20 heavy (non-hydrogen) atoms. The molecule has 1 aliphatic rings. The normalized spacial score (nSPS) is 17.8. The van der Waals surface area contributed by atoms with Crippen LogP contribution in [-0.2, 0) is 16.0 Å². The third-order valence-electron chi connectivity index (χ3n) is 3.19. The van der Waals surface area contributed by atoms with Crippen molar-refractivity contribution >= 4 is 12.0 Å². The van der Waals surface area contributed by atoms with Crippen LogP contribution in [0.1, 0.15) is 24.8 Å². The van der Waals surface area contributed by atoms with Crippen LogP contribution in [0.5, 0.6) is 11.5 Å². The monoisotopic (exact) mass is 279 g/mol. The van der Waals surface area contributed by atoms with Crippen LogP contribution in [0.2, 0.25) is 0 Å². The smallest absolute Gasteiger partial charge is 0.414 e. The van der Waals surface area contributed by atoms with Crippen molar-refractivity contribution in [2.75, 3.05) is 7.11 Å². The summed E-state index contributed by atoms with van der Waals surface area (Å²) in [5, 5.41) is 11.7. The van der Waals surface area contributed by atoms with Crippen LogP contribution in [0.25, 0.3) is 0 Å². The number of cyclic esters (lactones) is 1. The molecule has 6 nitrogen and oxygen atoms in total. The van der Waals surface area contributed by atoms with E-state index < -0.39 is 12.2 Å². The zero-order valence-corrected chi connectivity index (χ0v) is 11.2. The van der Waals surface area contributed by atoms with Crippen LogP contribution in [-0.4, -0.2) is 30.3 Å². The number of phenolic OH excluding ortho intramolecular Hbond substituents is 1. The number of imide groups is 1. The van der Waals surface area contributed by atoms with Gasteiger partial charge in [0.2, 0.25) is 0 Å². The van der Waals surface area contributed by atoms with Gasteiger partial charge in [0.25, 0.3) is 5.91 Å². The Bertz CT molecular complexity index is 514. The zero-order chi connectivity index (χ0) is 14.5. The number of carbonyl (C=O) groups is 2. The number of benzene rings is 1. The van der Waals surface area contributed by atoms with Gasteiger partial charge in [0, 0.05) is 0 Å². The predicted octanol–water partition coefficient (Wildman–Crippen LogP) is 1.75. The highest BCUT2D eigenvalue weighted by molar-refractivity contribution is 5.99. The van der Waals surface area contributed by atoms with Crippen LogP contribution < -0.4 is 10.1 Å². The quantitative estimate of drug-likeness (QED) is 0.775. The Balaban J connectivity index is 1.75. The van der Waals surface area contributed by atoms with Gasteiger partial charge in [-0.25, -0.2) is 4.79 Å². The number of alkyl carbamates (subject to hydrolysis) is 1. The summed E-state index contributed by atoms with van der Waals surface area (Å²) < 4.78 is 9.79. The lowest BCUT2D eigenvalue weighted by Gasteiger charge is -2.07. The Morgan fingerprint density at radius 3 is 2.75 bits per heavy atom. The fraction of sp³-hybridized carbons (Fsp3) is 0.429. The Morgan fingerprint density at radius 1 is 1.35 bits per heavy atom. The van der Waals surface area contributed by atoms with Crippen molar-refractivity contribution < 1.29 is 24.2 Å². The van der Waals surface area contributed by atoms with Crippen LogP contribution in [0, 0.1) is 0 Å². The first-order valence-corrected chi connectivity index (χ1v) is 6.47. The van der Waals surface area contributed by atoms with Gasteiger partial charge in [-0.2, -0.15) is 0 Å². The van der Waals surface area contributed by atoms with Crippen molar-refractivity contribution in [1.82, 2.24) is 5.32 Å². The molecule has 1 aliphatic heterocycles. The SMILES string of the molecule is COc1ccc(CCCCC2OC(=O)NC2=O)cc1O. The van der Waals surface area contributed by atoms with Gasteiger partial charge in [-0.1, -0.05) is 6.07 Å². The summed E-state index contributed by atoms with van der Waals surface area (Å²) in [7, 11) is 1.50. The number of phenols is 1. The zero-order valence-electron chi connectivity index (χ0n) is 11.2. The molecule has 108 valence electrons. The molecular formula is C14H17NO5. The van der Waals surface area contributed by atoms with Crippen LogP contribution >= 0.6 is 0 Å². The number of hydrogen-bond acceptors (Lipinski definition) is 5. The van der Waals surface area contributed by atoms with E-state index in [1.807, 2.05) is 6.07 Å². The van der Waals surface area contributed by atoms with Gasteiger partial charge < -0.3 is 14.6 Å². The lowest BCUT2D eigenvalue weighted by molar-refractivity contribution is -0.123. The number of rotatable bonds is 6. The van der Waals surface area contributed by atoms with E-state index in [0.717, 1.165) is 24.8 Å². The number of carbonyl (C=O) groups excluding carboxylic acids is 2. The second-order valence-corrected chi connectivity index (χ2v) is 4.64. The summed E-state index contributed by atoms with van der Waals surface area (Å²) in [6.07, 6.45) is 1.57. The number of aromatic hydroxyl groups is 1. The van der Waals surface area contributed by atoms with E-state index in [1.165, 1.54) is 7.11 Å². The van der Waals surface area contributed by atoms with E-state index >= 15 is 0 Å². The Hall–Kier alpha value is -2.24.